The van der Waals surface area contributed by atoms with Crippen LogP contribution in [0.1, 0.15) is 40.4 Å². The van der Waals surface area contributed by atoms with Crippen LogP contribution in [-0.4, -0.2) is 69.2 Å². The van der Waals surface area contributed by atoms with Crippen LogP contribution in [0.3, 0.4) is 0 Å². The van der Waals surface area contributed by atoms with Crippen LogP contribution < -0.4 is 5.32 Å². The maximum absolute atomic E-state index is 12.3. The van der Waals surface area contributed by atoms with Gasteiger partial charge >= 0.3 is 6.09 Å². The van der Waals surface area contributed by atoms with Crippen molar-refractivity contribution in [2.24, 2.45) is 10.9 Å². The number of carbonyl (C=O) groups is 1. The lowest BCUT2D eigenvalue weighted by atomic mass is 10.2. The van der Waals surface area contributed by atoms with E-state index in [2.05, 4.69) is 38.6 Å². The number of aromatic nitrogens is 2. The Morgan fingerprint density at radius 2 is 2.15 bits per heavy atom. The van der Waals surface area contributed by atoms with Gasteiger partial charge in [0.1, 0.15) is 11.4 Å². The van der Waals surface area contributed by atoms with Gasteiger partial charge in [-0.25, -0.2) is 9.78 Å². The number of aliphatic imine (C=N–C) groups is 1. The molecule has 1 saturated heterocycles. The van der Waals surface area contributed by atoms with Crippen molar-refractivity contribution in [3.8, 4) is 0 Å². The van der Waals surface area contributed by atoms with Gasteiger partial charge in [0.25, 0.3) is 0 Å². The minimum Gasteiger partial charge on any atom is -0.444 e. The number of fused-ring (bicyclic) bond motifs is 1. The van der Waals surface area contributed by atoms with E-state index in [9.17, 15) is 4.79 Å². The number of rotatable bonds is 4. The lowest BCUT2D eigenvalue weighted by Crippen LogP contribution is -2.57. The first-order chi connectivity index (χ1) is 12.7. The van der Waals surface area contributed by atoms with Gasteiger partial charge in [0.2, 0.25) is 0 Å². The van der Waals surface area contributed by atoms with E-state index in [-0.39, 0.29) is 12.1 Å². The highest BCUT2D eigenvalue weighted by Gasteiger charge is 2.36. The molecule has 1 fully saturated rings. The van der Waals surface area contributed by atoms with Crippen LogP contribution in [-0.2, 0) is 17.8 Å². The molecule has 1 aromatic heterocycles. The van der Waals surface area contributed by atoms with Crippen LogP contribution in [0, 0.1) is 5.92 Å². The molecule has 0 bridgehead atoms. The summed E-state index contributed by atoms with van der Waals surface area (Å²) in [4.78, 5) is 25.5. The summed E-state index contributed by atoms with van der Waals surface area (Å²) in [5.41, 5.74) is -0.467. The summed E-state index contributed by atoms with van der Waals surface area (Å²) in [5.74, 6) is 2.50. The van der Waals surface area contributed by atoms with Crippen LogP contribution in [0.5, 0.6) is 0 Å². The lowest BCUT2D eigenvalue weighted by Gasteiger charge is -2.39. The fraction of sp³-hybridized carbons (Fsp3) is 0.737. The second-order valence-corrected chi connectivity index (χ2v) is 8.68. The Bertz CT molecular complexity index is 691. The van der Waals surface area contributed by atoms with Gasteiger partial charge in [-0.1, -0.05) is 13.8 Å². The van der Waals surface area contributed by atoms with Crippen molar-refractivity contribution >= 4 is 12.1 Å². The van der Waals surface area contributed by atoms with Crippen LogP contribution in [0.25, 0.3) is 0 Å². The molecular formula is C19H32N6O2. The van der Waals surface area contributed by atoms with Gasteiger partial charge < -0.3 is 24.4 Å². The molecule has 1 aromatic rings. The largest absolute Gasteiger partial charge is 0.444 e. The normalized spacial score (nSPS) is 19.9. The minimum absolute atomic E-state index is 0.212. The summed E-state index contributed by atoms with van der Waals surface area (Å²) in [6.07, 6.45) is 3.63. The molecule has 0 aliphatic carbocycles. The van der Waals surface area contributed by atoms with Crippen molar-refractivity contribution in [2.45, 2.75) is 59.4 Å². The van der Waals surface area contributed by atoms with E-state index in [0.29, 0.717) is 32.1 Å². The van der Waals surface area contributed by atoms with Crippen LogP contribution >= 0.6 is 0 Å². The van der Waals surface area contributed by atoms with Crippen molar-refractivity contribution in [3.05, 3.63) is 18.2 Å². The Kier molecular flexibility index (Phi) is 5.62. The number of nitrogens with one attached hydrogen (secondary N) is 1. The van der Waals surface area contributed by atoms with E-state index in [1.165, 1.54) is 0 Å². The summed E-state index contributed by atoms with van der Waals surface area (Å²) in [6.45, 7) is 14.4. The third kappa shape index (κ3) is 4.93. The van der Waals surface area contributed by atoms with Gasteiger partial charge in [0, 0.05) is 38.6 Å². The van der Waals surface area contributed by atoms with Gasteiger partial charge in [0.15, 0.2) is 5.96 Å². The van der Waals surface area contributed by atoms with Crippen LogP contribution in [0.2, 0.25) is 0 Å². The van der Waals surface area contributed by atoms with Gasteiger partial charge in [-0.15, -0.1) is 0 Å². The molecule has 27 heavy (non-hydrogen) atoms. The van der Waals surface area contributed by atoms with Crippen molar-refractivity contribution in [1.29, 1.82) is 0 Å². The molecule has 8 nitrogen and oxygen atoms in total. The van der Waals surface area contributed by atoms with E-state index in [1.54, 1.807) is 4.90 Å². The Balaban J connectivity index is 1.52. The highest BCUT2D eigenvalue weighted by molar-refractivity contribution is 5.82. The number of imidazole rings is 1. The maximum Gasteiger partial charge on any atom is 0.410 e. The SMILES string of the molecule is CC(C)Cn1ccnc1CNC1=NCC2CN(C(=O)OC(C)(C)C)CCN12. The predicted octanol–water partition coefficient (Wildman–Crippen LogP) is 1.92. The molecular weight excluding hydrogens is 344 g/mol. The molecule has 8 heteroatoms. The predicted molar refractivity (Wildman–Crippen MR) is 105 cm³/mol. The lowest BCUT2D eigenvalue weighted by molar-refractivity contribution is 0.0137. The van der Waals surface area contributed by atoms with Gasteiger partial charge in [-0.3, -0.25) is 4.99 Å². The van der Waals surface area contributed by atoms with E-state index >= 15 is 0 Å². The second kappa shape index (κ2) is 7.78. The quantitative estimate of drug-likeness (QED) is 0.869. The molecule has 1 N–H and O–H groups in total. The first-order valence-corrected chi connectivity index (χ1v) is 9.76. The molecule has 2 aliphatic heterocycles. The second-order valence-electron chi connectivity index (χ2n) is 8.68. The Hall–Kier alpha value is -2.25. The number of ether oxygens (including phenoxy) is 1. The summed E-state index contributed by atoms with van der Waals surface area (Å²) in [5, 5.41) is 3.44. The fourth-order valence-electron chi connectivity index (χ4n) is 3.45. The topological polar surface area (TPSA) is 75.0 Å². The average molecular weight is 377 g/mol. The monoisotopic (exact) mass is 376 g/mol. The van der Waals surface area contributed by atoms with Crippen LogP contribution in [0.15, 0.2) is 17.4 Å². The Morgan fingerprint density at radius 1 is 1.37 bits per heavy atom. The minimum atomic E-state index is -0.467. The number of hydrogen-bond acceptors (Lipinski definition) is 6. The smallest absolute Gasteiger partial charge is 0.410 e. The molecule has 1 amide bonds. The molecule has 2 aliphatic rings. The summed E-state index contributed by atoms with van der Waals surface area (Å²) >= 11 is 0. The number of carbonyl (C=O) groups excluding carboxylic acids is 1. The van der Waals surface area contributed by atoms with E-state index in [1.807, 2.05) is 33.2 Å². The Labute approximate surface area is 161 Å². The van der Waals surface area contributed by atoms with E-state index in [0.717, 1.165) is 24.9 Å². The zero-order valence-corrected chi connectivity index (χ0v) is 17.1. The molecule has 0 spiro atoms. The Morgan fingerprint density at radius 3 is 2.85 bits per heavy atom. The zero-order valence-electron chi connectivity index (χ0n) is 17.1. The first-order valence-electron chi connectivity index (χ1n) is 9.76. The summed E-state index contributed by atoms with van der Waals surface area (Å²) in [6, 6.07) is 0.212. The van der Waals surface area contributed by atoms with E-state index in [4.69, 9.17) is 4.74 Å². The highest BCUT2D eigenvalue weighted by Crippen LogP contribution is 2.18. The number of piperazine rings is 1. The average Bonchev–Trinajstić information content (AvgIpc) is 3.16. The van der Waals surface area contributed by atoms with Crippen molar-refractivity contribution in [2.75, 3.05) is 26.2 Å². The molecule has 0 saturated carbocycles. The van der Waals surface area contributed by atoms with Crippen molar-refractivity contribution < 1.29 is 9.53 Å². The summed E-state index contributed by atoms with van der Waals surface area (Å²) < 4.78 is 7.68. The number of amides is 1. The maximum atomic E-state index is 12.3. The third-order valence-electron chi connectivity index (χ3n) is 4.63. The molecule has 0 radical (unpaired) electrons. The summed E-state index contributed by atoms with van der Waals surface area (Å²) in [7, 11) is 0. The highest BCUT2D eigenvalue weighted by atomic mass is 16.6. The van der Waals surface area contributed by atoms with Crippen molar-refractivity contribution in [3.63, 3.8) is 0 Å². The molecule has 150 valence electrons. The van der Waals surface area contributed by atoms with Gasteiger partial charge in [-0.05, 0) is 26.7 Å². The number of hydrogen-bond donors (Lipinski definition) is 1. The van der Waals surface area contributed by atoms with Gasteiger partial charge in [-0.2, -0.15) is 0 Å². The fourth-order valence-corrected chi connectivity index (χ4v) is 3.45. The zero-order chi connectivity index (χ0) is 19.6. The standard InChI is InChI=1S/C19H32N6O2/c1-14(2)12-23-7-6-20-16(23)11-22-17-21-10-15-13-24(8-9-25(15)17)18(26)27-19(3,4)5/h6-7,14-15H,8-13H2,1-5H3,(H,21,22). The van der Waals surface area contributed by atoms with Crippen LogP contribution in [0.4, 0.5) is 4.79 Å². The number of guanidine groups is 1. The molecule has 1 atom stereocenters. The molecule has 0 aromatic carbocycles. The molecule has 3 heterocycles. The van der Waals surface area contributed by atoms with E-state index < -0.39 is 5.60 Å². The molecule has 3 rings (SSSR count). The number of nitrogens with zero attached hydrogens (tertiary/aromatic N) is 5. The van der Waals surface area contributed by atoms with Gasteiger partial charge in [0.05, 0.1) is 19.1 Å². The first kappa shape index (κ1) is 19.5. The van der Waals surface area contributed by atoms with Crippen molar-refractivity contribution in [1.82, 2.24) is 24.7 Å². The molecule has 1 unspecified atom stereocenters. The third-order valence-corrected chi connectivity index (χ3v) is 4.63.